The largest absolute Gasteiger partial charge is 0.392 e. The van der Waals surface area contributed by atoms with Gasteiger partial charge in [0.1, 0.15) is 0 Å². The predicted molar refractivity (Wildman–Crippen MR) is 78.5 cm³/mol. The number of nitrogens with two attached hydrogens (primary N) is 1. The van der Waals surface area contributed by atoms with Crippen molar-refractivity contribution >= 4 is 23.1 Å². The molecule has 4 nitrogen and oxygen atoms in total. The van der Waals surface area contributed by atoms with Crippen LogP contribution in [0.15, 0.2) is 18.5 Å². The number of thiocarbonyl (C=S) groups is 1. The van der Waals surface area contributed by atoms with E-state index in [1.54, 1.807) is 12.4 Å². The summed E-state index contributed by atoms with van der Waals surface area (Å²) in [7, 11) is 0. The van der Waals surface area contributed by atoms with Gasteiger partial charge >= 0.3 is 0 Å². The van der Waals surface area contributed by atoms with Gasteiger partial charge < -0.3 is 11.1 Å². The predicted octanol–water partition coefficient (Wildman–Crippen LogP) is 1.85. The van der Waals surface area contributed by atoms with Gasteiger partial charge in [-0.1, -0.05) is 25.1 Å². The Hall–Kier alpha value is -1.49. The van der Waals surface area contributed by atoms with Crippen LogP contribution in [0.3, 0.4) is 0 Å². The molecule has 1 aliphatic carbocycles. The zero-order chi connectivity index (χ0) is 13.9. The summed E-state index contributed by atoms with van der Waals surface area (Å²) in [6.07, 6.45) is 7.08. The van der Waals surface area contributed by atoms with Gasteiger partial charge in [-0.15, -0.1) is 0 Å². The molecule has 3 N–H and O–H groups in total. The zero-order valence-corrected chi connectivity index (χ0v) is 11.9. The van der Waals surface area contributed by atoms with Crippen molar-refractivity contribution in [2.75, 3.05) is 0 Å². The second-order valence-electron chi connectivity index (χ2n) is 5.14. The third-order valence-electron chi connectivity index (χ3n) is 3.94. The van der Waals surface area contributed by atoms with Crippen molar-refractivity contribution in [2.24, 2.45) is 11.1 Å². The third kappa shape index (κ3) is 2.76. The van der Waals surface area contributed by atoms with Gasteiger partial charge in [-0.05, 0) is 37.0 Å². The Morgan fingerprint density at radius 3 is 2.79 bits per heavy atom. The Labute approximate surface area is 118 Å². The molecule has 0 aromatic carbocycles. The number of rotatable bonds is 4. The first-order valence-electron chi connectivity index (χ1n) is 6.54. The molecule has 0 spiro atoms. The van der Waals surface area contributed by atoms with Gasteiger partial charge in [0.2, 0.25) is 5.91 Å². The summed E-state index contributed by atoms with van der Waals surface area (Å²) < 4.78 is 0. The van der Waals surface area contributed by atoms with Crippen LogP contribution in [0.5, 0.6) is 0 Å². The van der Waals surface area contributed by atoms with Crippen LogP contribution in [0.2, 0.25) is 0 Å². The van der Waals surface area contributed by atoms with E-state index in [0.717, 1.165) is 36.8 Å². The highest BCUT2D eigenvalue weighted by Crippen LogP contribution is 2.38. The first-order valence-corrected chi connectivity index (χ1v) is 6.95. The SMILES string of the molecule is Cc1cnccc1CNC(=O)C1(C(N)=S)CCCC1. The second kappa shape index (κ2) is 5.65. The van der Waals surface area contributed by atoms with Crippen LogP contribution < -0.4 is 11.1 Å². The van der Waals surface area contributed by atoms with Crippen LogP contribution in [0, 0.1) is 12.3 Å². The Bertz CT molecular complexity index is 495. The van der Waals surface area contributed by atoms with Crippen LogP contribution in [0.1, 0.15) is 36.8 Å². The number of amides is 1. The van der Waals surface area contributed by atoms with Gasteiger partial charge in [0.15, 0.2) is 0 Å². The molecule has 0 unspecified atom stereocenters. The Balaban J connectivity index is 2.05. The van der Waals surface area contributed by atoms with Gasteiger partial charge in [0.05, 0.1) is 10.4 Å². The lowest BCUT2D eigenvalue weighted by Gasteiger charge is -2.26. The third-order valence-corrected chi connectivity index (χ3v) is 4.33. The maximum atomic E-state index is 12.4. The summed E-state index contributed by atoms with van der Waals surface area (Å²) in [4.78, 5) is 16.8. The van der Waals surface area contributed by atoms with Crippen LogP contribution in [-0.2, 0) is 11.3 Å². The molecule has 1 aliphatic rings. The number of carbonyl (C=O) groups excluding carboxylic acids is 1. The number of carbonyl (C=O) groups is 1. The fourth-order valence-electron chi connectivity index (χ4n) is 2.61. The first-order chi connectivity index (χ1) is 9.06. The van der Waals surface area contributed by atoms with Gasteiger partial charge in [0, 0.05) is 18.9 Å². The highest BCUT2D eigenvalue weighted by atomic mass is 32.1. The molecule has 0 radical (unpaired) electrons. The lowest BCUT2D eigenvalue weighted by molar-refractivity contribution is -0.127. The summed E-state index contributed by atoms with van der Waals surface area (Å²) >= 11 is 5.11. The van der Waals surface area contributed by atoms with Gasteiger partial charge in [-0.25, -0.2) is 0 Å². The second-order valence-corrected chi connectivity index (χ2v) is 5.58. The number of aryl methyl sites for hydroxylation is 1. The normalized spacial score (nSPS) is 17.1. The van der Waals surface area contributed by atoms with Crippen LogP contribution in [-0.4, -0.2) is 15.9 Å². The number of nitrogens with one attached hydrogen (secondary N) is 1. The van der Waals surface area contributed by atoms with Gasteiger partial charge in [-0.2, -0.15) is 0 Å². The highest BCUT2D eigenvalue weighted by Gasteiger charge is 2.43. The minimum absolute atomic E-state index is 0.0336. The van der Waals surface area contributed by atoms with E-state index >= 15 is 0 Å². The minimum atomic E-state index is -0.629. The molecule has 1 saturated carbocycles. The lowest BCUT2D eigenvalue weighted by Crippen LogP contribution is -2.47. The lowest BCUT2D eigenvalue weighted by atomic mass is 9.85. The van der Waals surface area contributed by atoms with Crippen molar-refractivity contribution in [2.45, 2.75) is 39.2 Å². The monoisotopic (exact) mass is 277 g/mol. The Morgan fingerprint density at radius 2 is 2.21 bits per heavy atom. The minimum Gasteiger partial charge on any atom is -0.392 e. The van der Waals surface area contributed by atoms with Crippen molar-refractivity contribution in [1.29, 1.82) is 0 Å². The quantitative estimate of drug-likeness (QED) is 0.824. The molecule has 0 aliphatic heterocycles. The number of nitrogens with zero attached hydrogens (tertiary/aromatic N) is 1. The van der Waals surface area contributed by atoms with E-state index in [1.165, 1.54) is 0 Å². The van der Waals surface area contributed by atoms with E-state index in [9.17, 15) is 4.79 Å². The number of hydrogen-bond acceptors (Lipinski definition) is 3. The zero-order valence-electron chi connectivity index (χ0n) is 11.1. The van der Waals surface area contributed by atoms with Crippen molar-refractivity contribution in [3.63, 3.8) is 0 Å². The summed E-state index contributed by atoms with van der Waals surface area (Å²) in [5.74, 6) is -0.0336. The van der Waals surface area contributed by atoms with E-state index in [2.05, 4.69) is 10.3 Å². The Kier molecular flexibility index (Phi) is 4.14. The molecule has 102 valence electrons. The molecule has 0 atom stereocenters. The van der Waals surface area contributed by atoms with Gasteiger partial charge in [0.25, 0.3) is 0 Å². The number of hydrogen-bond donors (Lipinski definition) is 2. The van der Waals surface area contributed by atoms with E-state index in [4.69, 9.17) is 18.0 Å². The molecular formula is C14H19N3OS. The fraction of sp³-hybridized carbons (Fsp3) is 0.500. The summed E-state index contributed by atoms with van der Waals surface area (Å²) in [6.45, 7) is 2.48. The van der Waals surface area contributed by atoms with Crippen molar-refractivity contribution < 1.29 is 4.79 Å². The number of aromatic nitrogens is 1. The average molecular weight is 277 g/mol. The van der Waals surface area contributed by atoms with Crippen LogP contribution >= 0.6 is 12.2 Å². The molecule has 0 bridgehead atoms. The maximum absolute atomic E-state index is 12.4. The standard InChI is InChI=1S/C14H19N3OS/c1-10-8-16-7-4-11(10)9-17-13(18)14(12(15)19)5-2-3-6-14/h4,7-8H,2-3,5-6,9H2,1H3,(H2,15,19)(H,17,18). The molecule has 1 aromatic rings. The molecule has 19 heavy (non-hydrogen) atoms. The van der Waals surface area contributed by atoms with Crippen molar-refractivity contribution in [3.8, 4) is 0 Å². The molecule has 5 heteroatoms. The maximum Gasteiger partial charge on any atom is 0.233 e. The average Bonchev–Trinajstić information content (AvgIpc) is 2.88. The summed E-state index contributed by atoms with van der Waals surface area (Å²) in [5, 5.41) is 2.97. The van der Waals surface area contributed by atoms with E-state index < -0.39 is 5.41 Å². The van der Waals surface area contributed by atoms with Gasteiger partial charge in [-0.3, -0.25) is 9.78 Å². The summed E-state index contributed by atoms with van der Waals surface area (Å²) in [6, 6.07) is 1.91. The van der Waals surface area contributed by atoms with E-state index in [-0.39, 0.29) is 5.91 Å². The fourth-order valence-corrected chi connectivity index (χ4v) is 2.91. The first kappa shape index (κ1) is 13.9. The smallest absolute Gasteiger partial charge is 0.233 e. The summed E-state index contributed by atoms with van der Waals surface area (Å²) in [5.41, 5.74) is 7.30. The molecular weight excluding hydrogens is 258 g/mol. The topological polar surface area (TPSA) is 68.0 Å². The van der Waals surface area contributed by atoms with Crippen LogP contribution in [0.4, 0.5) is 0 Å². The Morgan fingerprint density at radius 1 is 1.53 bits per heavy atom. The highest BCUT2D eigenvalue weighted by molar-refractivity contribution is 7.80. The molecule has 2 rings (SSSR count). The van der Waals surface area contributed by atoms with E-state index in [0.29, 0.717) is 11.5 Å². The molecule has 1 aromatic heterocycles. The van der Waals surface area contributed by atoms with Crippen LogP contribution in [0.25, 0.3) is 0 Å². The molecule has 1 heterocycles. The van der Waals surface area contributed by atoms with Crippen molar-refractivity contribution in [1.82, 2.24) is 10.3 Å². The number of pyridine rings is 1. The van der Waals surface area contributed by atoms with Crippen molar-refractivity contribution in [3.05, 3.63) is 29.6 Å². The molecule has 1 amide bonds. The molecule has 0 saturated heterocycles. The molecule has 1 fully saturated rings. The van der Waals surface area contributed by atoms with E-state index in [1.807, 2.05) is 13.0 Å².